The summed E-state index contributed by atoms with van der Waals surface area (Å²) in [7, 11) is 3.90. The lowest BCUT2D eigenvalue weighted by Crippen LogP contribution is -2.30. The highest BCUT2D eigenvalue weighted by Crippen LogP contribution is 2.06. The Morgan fingerprint density at radius 3 is 2.54 bits per heavy atom. The van der Waals surface area contributed by atoms with E-state index in [0.29, 0.717) is 17.7 Å². The van der Waals surface area contributed by atoms with Gasteiger partial charge in [-0.25, -0.2) is 13.9 Å². The number of nitrogens with zero attached hydrogens (tertiary/aromatic N) is 3. The van der Waals surface area contributed by atoms with Crippen molar-refractivity contribution in [3.05, 3.63) is 63.3 Å². The van der Waals surface area contributed by atoms with Crippen molar-refractivity contribution < 1.29 is 14.3 Å². The van der Waals surface area contributed by atoms with Gasteiger partial charge in [0.25, 0.3) is 5.56 Å². The van der Waals surface area contributed by atoms with Crippen molar-refractivity contribution in [1.82, 2.24) is 14.7 Å². The molecule has 0 aliphatic heterocycles. The van der Waals surface area contributed by atoms with Crippen LogP contribution in [-0.4, -0.2) is 46.4 Å². The molecule has 0 radical (unpaired) electrons. The van der Waals surface area contributed by atoms with Gasteiger partial charge in [0, 0.05) is 0 Å². The summed E-state index contributed by atoms with van der Waals surface area (Å²) in [6.07, 6.45) is 1.37. The van der Waals surface area contributed by atoms with E-state index < -0.39 is 11.5 Å². The fourth-order valence-electron chi connectivity index (χ4n) is 2.32. The summed E-state index contributed by atoms with van der Waals surface area (Å²) >= 11 is 0. The first-order valence-electron chi connectivity index (χ1n) is 7.60. The molecule has 6 nitrogen and oxygen atoms in total. The molecule has 2 aromatic rings. The van der Waals surface area contributed by atoms with Gasteiger partial charge in [-0.05, 0) is 57.2 Å². The second-order valence-electron chi connectivity index (χ2n) is 5.85. The highest BCUT2D eigenvalue weighted by molar-refractivity contribution is 5.87. The number of aromatic nitrogens is 2. The minimum atomic E-state index is -1.27. The maximum absolute atomic E-state index is 13.0. The maximum Gasteiger partial charge on any atom is 0.341 e. The van der Waals surface area contributed by atoms with E-state index in [-0.39, 0.29) is 17.9 Å². The third-order valence-corrected chi connectivity index (χ3v) is 3.54. The third-order valence-electron chi connectivity index (χ3n) is 3.54. The summed E-state index contributed by atoms with van der Waals surface area (Å²) in [5, 5.41) is 13.5. The summed E-state index contributed by atoms with van der Waals surface area (Å²) in [6, 6.07) is 7.01. The van der Waals surface area contributed by atoms with E-state index in [1.165, 1.54) is 18.2 Å². The monoisotopic (exact) mass is 333 g/mol. The lowest BCUT2D eigenvalue weighted by molar-refractivity contribution is 0.0693. The average Bonchev–Trinajstić information content (AvgIpc) is 2.51. The molecule has 0 aliphatic carbocycles. The van der Waals surface area contributed by atoms with E-state index in [1.807, 2.05) is 19.0 Å². The smallest absolute Gasteiger partial charge is 0.341 e. The summed E-state index contributed by atoms with van der Waals surface area (Å²) in [5.41, 5.74) is 0.263. The fraction of sp³-hybridized carbons (Fsp3) is 0.353. The Labute approximate surface area is 139 Å². The van der Waals surface area contributed by atoms with Crippen LogP contribution in [0.2, 0.25) is 0 Å². The number of carbonyl (C=O) groups is 1. The Morgan fingerprint density at radius 2 is 1.96 bits per heavy atom. The van der Waals surface area contributed by atoms with Gasteiger partial charge in [0.15, 0.2) is 0 Å². The van der Waals surface area contributed by atoms with Crippen LogP contribution in [0.15, 0.2) is 35.1 Å². The van der Waals surface area contributed by atoms with Crippen LogP contribution >= 0.6 is 0 Å². The zero-order chi connectivity index (χ0) is 17.7. The van der Waals surface area contributed by atoms with E-state index in [4.69, 9.17) is 0 Å². The molecule has 0 saturated heterocycles. The van der Waals surface area contributed by atoms with Gasteiger partial charge in [0.1, 0.15) is 11.4 Å². The minimum Gasteiger partial charge on any atom is -0.477 e. The number of carboxylic acid groups (broad SMARTS) is 1. The normalized spacial score (nSPS) is 11.0. The number of benzene rings is 1. The summed E-state index contributed by atoms with van der Waals surface area (Å²) in [4.78, 5) is 25.6. The number of hydrogen-bond donors (Lipinski definition) is 1. The maximum atomic E-state index is 13.0. The van der Waals surface area contributed by atoms with Gasteiger partial charge in [-0.15, -0.1) is 0 Å². The highest BCUT2D eigenvalue weighted by atomic mass is 19.1. The molecule has 0 spiro atoms. The molecule has 0 saturated carbocycles. The van der Waals surface area contributed by atoms with E-state index in [1.54, 1.807) is 12.1 Å². The number of hydrogen-bond acceptors (Lipinski definition) is 4. The molecule has 0 fully saturated rings. The zero-order valence-electron chi connectivity index (χ0n) is 13.7. The van der Waals surface area contributed by atoms with Crippen molar-refractivity contribution in [3.8, 4) is 0 Å². The predicted octanol–water partition coefficient (Wildman–Crippen LogP) is 1.62. The zero-order valence-corrected chi connectivity index (χ0v) is 13.7. The fourth-order valence-corrected chi connectivity index (χ4v) is 2.32. The number of halogens is 1. The number of aryl methyl sites for hydroxylation is 1. The van der Waals surface area contributed by atoms with Crippen molar-refractivity contribution in [2.75, 3.05) is 20.6 Å². The lowest BCUT2D eigenvalue weighted by Gasteiger charge is -2.11. The molecule has 1 aromatic heterocycles. The van der Waals surface area contributed by atoms with Crippen LogP contribution in [0.1, 0.15) is 28.0 Å². The molecule has 1 heterocycles. The van der Waals surface area contributed by atoms with Crippen LogP contribution in [0.4, 0.5) is 4.39 Å². The molecule has 1 N–H and O–H groups in total. The Morgan fingerprint density at radius 1 is 1.29 bits per heavy atom. The molecule has 0 aliphatic rings. The van der Waals surface area contributed by atoms with E-state index in [9.17, 15) is 19.1 Å². The van der Waals surface area contributed by atoms with Gasteiger partial charge in [-0.3, -0.25) is 4.79 Å². The van der Waals surface area contributed by atoms with Crippen molar-refractivity contribution in [2.24, 2.45) is 0 Å². The highest BCUT2D eigenvalue weighted by Gasteiger charge is 2.15. The van der Waals surface area contributed by atoms with Gasteiger partial charge >= 0.3 is 5.97 Å². The summed E-state index contributed by atoms with van der Waals surface area (Å²) in [6.45, 7) is 0.933. The molecule has 2 rings (SSSR count). The molecule has 7 heteroatoms. The van der Waals surface area contributed by atoms with Crippen molar-refractivity contribution in [3.63, 3.8) is 0 Å². The molecule has 1 aromatic carbocycles. The van der Waals surface area contributed by atoms with Crippen molar-refractivity contribution >= 4 is 5.97 Å². The molecule has 0 bridgehead atoms. The van der Waals surface area contributed by atoms with Crippen LogP contribution in [0.5, 0.6) is 0 Å². The van der Waals surface area contributed by atoms with Gasteiger partial charge in [0.05, 0.1) is 12.2 Å². The first-order valence-corrected chi connectivity index (χ1v) is 7.60. The first kappa shape index (κ1) is 17.8. The van der Waals surface area contributed by atoms with Crippen LogP contribution in [0, 0.1) is 5.82 Å². The van der Waals surface area contributed by atoms with E-state index in [0.717, 1.165) is 17.6 Å². The van der Waals surface area contributed by atoms with Crippen LogP contribution in [0.25, 0.3) is 0 Å². The first-order chi connectivity index (χ1) is 11.4. The second-order valence-corrected chi connectivity index (χ2v) is 5.85. The van der Waals surface area contributed by atoms with Gasteiger partial charge < -0.3 is 10.0 Å². The summed E-state index contributed by atoms with van der Waals surface area (Å²) in [5.74, 6) is -1.65. The Kier molecular flexibility index (Phi) is 5.81. The SMILES string of the molecule is CN(C)CCCc1cc(C(=O)O)c(=O)n(Cc2ccc(F)cc2)n1. The topological polar surface area (TPSA) is 75.4 Å². The van der Waals surface area contributed by atoms with Crippen LogP contribution in [-0.2, 0) is 13.0 Å². The van der Waals surface area contributed by atoms with Gasteiger partial charge in [-0.1, -0.05) is 12.1 Å². The van der Waals surface area contributed by atoms with Crippen LogP contribution in [0.3, 0.4) is 0 Å². The van der Waals surface area contributed by atoms with E-state index in [2.05, 4.69) is 5.10 Å². The molecule has 24 heavy (non-hydrogen) atoms. The predicted molar refractivity (Wildman–Crippen MR) is 87.8 cm³/mol. The lowest BCUT2D eigenvalue weighted by atomic mass is 10.1. The Balaban J connectivity index is 2.30. The van der Waals surface area contributed by atoms with Crippen molar-refractivity contribution in [2.45, 2.75) is 19.4 Å². The molecular weight excluding hydrogens is 313 g/mol. The molecule has 0 unspecified atom stereocenters. The van der Waals surface area contributed by atoms with Gasteiger partial charge in [-0.2, -0.15) is 5.10 Å². The molecule has 128 valence electrons. The Bertz CT molecular complexity index is 770. The van der Waals surface area contributed by atoms with Gasteiger partial charge in [0.2, 0.25) is 0 Å². The third kappa shape index (κ3) is 4.73. The molecule has 0 amide bonds. The number of carboxylic acids is 1. The molecular formula is C17H20FN3O3. The number of aromatic carboxylic acids is 1. The largest absolute Gasteiger partial charge is 0.477 e. The average molecular weight is 333 g/mol. The van der Waals surface area contributed by atoms with Crippen LogP contribution < -0.4 is 5.56 Å². The second kappa shape index (κ2) is 7.83. The van der Waals surface area contributed by atoms with Crippen molar-refractivity contribution in [1.29, 1.82) is 0 Å². The molecule has 0 atom stereocenters. The van der Waals surface area contributed by atoms with E-state index >= 15 is 0 Å². The Hall–Kier alpha value is -2.54. The summed E-state index contributed by atoms with van der Waals surface area (Å²) < 4.78 is 14.1. The standard InChI is InChI=1S/C17H20FN3O3/c1-20(2)9-3-4-14-10-15(17(23)24)16(22)21(19-14)11-12-5-7-13(18)8-6-12/h5-8,10H,3-4,9,11H2,1-2H3,(H,23,24). The quantitative estimate of drug-likeness (QED) is 0.833. The number of rotatable bonds is 7. The minimum absolute atomic E-state index is 0.0981.